The van der Waals surface area contributed by atoms with Crippen molar-refractivity contribution in [3.05, 3.63) is 59.2 Å². The highest BCUT2D eigenvalue weighted by atomic mass is 16.3. The first-order chi connectivity index (χ1) is 15.5. The molecule has 0 radical (unpaired) electrons. The molecule has 1 aromatic rings. The van der Waals surface area contributed by atoms with Crippen LogP contribution in [0.1, 0.15) is 70.4 Å². The van der Waals surface area contributed by atoms with Crippen molar-refractivity contribution in [1.29, 1.82) is 0 Å². The lowest BCUT2D eigenvalue weighted by atomic mass is 9.88. The smallest absolute Gasteiger partial charge is 0.222 e. The van der Waals surface area contributed by atoms with Crippen LogP contribution in [0.25, 0.3) is 0 Å². The Morgan fingerprint density at radius 1 is 1.27 bits per heavy atom. The average molecular weight is 454 g/mol. The van der Waals surface area contributed by atoms with Gasteiger partial charge in [-0.3, -0.25) is 4.79 Å². The fourth-order valence-electron chi connectivity index (χ4n) is 5.37. The molecule has 0 unspecified atom stereocenters. The summed E-state index contributed by atoms with van der Waals surface area (Å²) in [7, 11) is 1.89. The Bertz CT molecular complexity index is 866. The van der Waals surface area contributed by atoms with Crippen LogP contribution in [0, 0.1) is 24.7 Å². The first kappa shape index (κ1) is 25.7. The molecular formula is C29H43NO3. The number of fused-ring (bicyclic) bond motifs is 1. The second-order valence-corrected chi connectivity index (χ2v) is 11.2. The lowest BCUT2D eigenvalue weighted by Gasteiger charge is -2.32. The second-order valence-electron chi connectivity index (χ2n) is 11.2. The molecule has 3 rings (SSSR count). The Balaban J connectivity index is 1.45. The number of benzene rings is 1. The number of hydrogen-bond donors (Lipinski definition) is 2. The normalized spacial score (nSPS) is 25.8. The Morgan fingerprint density at radius 3 is 2.73 bits per heavy atom. The van der Waals surface area contributed by atoms with Gasteiger partial charge in [0, 0.05) is 31.3 Å². The van der Waals surface area contributed by atoms with E-state index in [0.717, 1.165) is 37.7 Å². The number of hydrogen-bond acceptors (Lipinski definition) is 3. The van der Waals surface area contributed by atoms with Gasteiger partial charge in [0.15, 0.2) is 0 Å². The number of aliphatic hydroxyl groups is 2. The van der Waals surface area contributed by atoms with Gasteiger partial charge in [0.25, 0.3) is 0 Å². The molecule has 5 atom stereocenters. The Kier molecular flexibility index (Phi) is 8.58. The van der Waals surface area contributed by atoms with E-state index in [1.807, 2.05) is 30.2 Å². The second kappa shape index (κ2) is 11.0. The van der Waals surface area contributed by atoms with Gasteiger partial charge >= 0.3 is 0 Å². The number of carbonyl (C=O) groups is 1. The number of nitrogens with zero attached hydrogens (tertiary/aromatic N) is 1. The molecule has 2 N–H and O–H groups in total. The summed E-state index contributed by atoms with van der Waals surface area (Å²) in [5.41, 5.74) is 3.69. The zero-order chi connectivity index (χ0) is 24.2. The topological polar surface area (TPSA) is 60.8 Å². The van der Waals surface area contributed by atoms with Crippen LogP contribution < -0.4 is 0 Å². The number of aliphatic hydroxyl groups excluding tert-OH is 2. The van der Waals surface area contributed by atoms with E-state index in [9.17, 15) is 15.0 Å². The predicted octanol–water partition coefficient (Wildman–Crippen LogP) is 5.22. The lowest BCUT2D eigenvalue weighted by Crippen LogP contribution is -2.42. The monoisotopic (exact) mass is 453 g/mol. The van der Waals surface area contributed by atoms with Crippen molar-refractivity contribution < 1.29 is 15.0 Å². The van der Waals surface area contributed by atoms with Gasteiger partial charge in [-0.2, -0.15) is 0 Å². The van der Waals surface area contributed by atoms with Crippen LogP contribution in [0.15, 0.2) is 48.1 Å². The van der Waals surface area contributed by atoms with E-state index in [4.69, 9.17) is 0 Å². The molecular weight excluding hydrogens is 410 g/mol. The fourth-order valence-corrected chi connectivity index (χ4v) is 5.37. The van der Waals surface area contributed by atoms with Crippen LogP contribution in [0.2, 0.25) is 0 Å². The summed E-state index contributed by atoms with van der Waals surface area (Å²) in [4.78, 5) is 14.2. The van der Waals surface area contributed by atoms with Crippen molar-refractivity contribution in [2.45, 2.75) is 90.4 Å². The third kappa shape index (κ3) is 7.04. The summed E-state index contributed by atoms with van der Waals surface area (Å²) in [6.07, 6.45) is 11.5. The molecule has 4 nitrogen and oxygen atoms in total. The SMILES string of the molecule is Cc1cccc(C[C@@H](O)C=C[C@@H]2[C@H]3CC(CCCCC(=O)N(C)C(C)(C)C)=C[C@H]3C[C@H]2O)c1. The zero-order valence-corrected chi connectivity index (χ0v) is 21.1. The van der Waals surface area contributed by atoms with E-state index < -0.39 is 6.10 Å². The third-order valence-corrected chi connectivity index (χ3v) is 7.55. The summed E-state index contributed by atoms with van der Waals surface area (Å²) >= 11 is 0. The number of carbonyl (C=O) groups excluding carboxylic acids is 1. The van der Waals surface area contributed by atoms with Gasteiger partial charge in [-0.05, 0) is 77.2 Å². The average Bonchev–Trinajstić information content (AvgIpc) is 3.24. The van der Waals surface area contributed by atoms with Crippen LogP contribution in [0.3, 0.4) is 0 Å². The molecule has 0 spiro atoms. The molecule has 1 saturated carbocycles. The van der Waals surface area contributed by atoms with Gasteiger partial charge in [-0.1, -0.05) is 53.6 Å². The predicted molar refractivity (Wildman–Crippen MR) is 135 cm³/mol. The minimum absolute atomic E-state index is 0.109. The molecule has 2 aliphatic rings. The molecule has 0 bridgehead atoms. The molecule has 0 aromatic heterocycles. The highest BCUT2D eigenvalue weighted by molar-refractivity contribution is 5.76. The highest BCUT2D eigenvalue weighted by Crippen LogP contribution is 2.48. The van der Waals surface area contributed by atoms with Crippen LogP contribution in [0.5, 0.6) is 0 Å². The zero-order valence-electron chi connectivity index (χ0n) is 21.1. The van der Waals surface area contributed by atoms with Gasteiger partial charge < -0.3 is 15.1 Å². The maximum atomic E-state index is 12.3. The summed E-state index contributed by atoms with van der Waals surface area (Å²) in [6.45, 7) is 8.25. The molecule has 182 valence electrons. The summed E-state index contributed by atoms with van der Waals surface area (Å²) in [5.74, 6) is 1.20. The molecule has 0 saturated heterocycles. The number of allylic oxidation sites excluding steroid dienone is 2. The number of rotatable bonds is 9. The molecule has 1 fully saturated rings. The van der Waals surface area contributed by atoms with E-state index in [1.54, 1.807) is 0 Å². The van der Waals surface area contributed by atoms with Crippen molar-refractivity contribution in [3.8, 4) is 0 Å². The molecule has 4 heteroatoms. The number of amides is 1. The van der Waals surface area contributed by atoms with Crippen molar-refractivity contribution in [2.75, 3.05) is 7.05 Å². The maximum Gasteiger partial charge on any atom is 0.222 e. The maximum absolute atomic E-state index is 12.3. The molecule has 0 heterocycles. The minimum Gasteiger partial charge on any atom is -0.392 e. The molecule has 2 aliphatic carbocycles. The summed E-state index contributed by atoms with van der Waals surface area (Å²) in [6, 6.07) is 8.25. The van der Waals surface area contributed by atoms with E-state index in [1.165, 1.54) is 11.1 Å². The number of unbranched alkanes of at least 4 members (excludes halogenated alkanes) is 1. The first-order valence-corrected chi connectivity index (χ1v) is 12.6. The summed E-state index contributed by atoms with van der Waals surface area (Å²) < 4.78 is 0. The van der Waals surface area contributed by atoms with Gasteiger partial charge in [0.1, 0.15) is 0 Å². The summed E-state index contributed by atoms with van der Waals surface area (Å²) in [5, 5.41) is 21.1. The Hall–Kier alpha value is -1.91. The van der Waals surface area contributed by atoms with E-state index in [0.29, 0.717) is 24.7 Å². The van der Waals surface area contributed by atoms with Crippen LogP contribution >= 0.6 is 0 Å². The lowest BCUT2D eigenvalue weighted by molar-refractivity contribution is -0.134. The molecule has 0 aliphatic heterocycles. The van der Waals surface area contributed by atoms with Gasteiger partial charge in [-0.15, -0.1) is 0 Å². The van der Waals surface area contributed by atoms with Crippen molar-refractivity contribution in [2.24, 2.45) is 17.8 Å². The van der Waals surface area contributed by atoms with Gasteiger partial charge in [-0.25, -0.2) is 0 Å². The van der Waals surface area contributed by atoms with Crippen LogP contribution in [-0.2, 0) is 11.2 Å². The van der Waals surface area contributed by atoms with Crippen molar-refractivity contribution in [1.82, 2.24) is 4.90 Å². The standard InChI is InChI=1S/C29H43NO3/c1-20-9-8-11-21(15-20)17-24(31)13-14-25-26-18-22(16-23(26)19-27(25)32)10-6-7-12-28(33)30(5)29(2,3)4/h8-9,11,13-16,23-27,31-32H,6-7,10,12,17-19H2,1-5H3/t23-,24-,25+,26-,27+/m0/s1. The van der Waals surface area contributed by atoms with Gasteiger partial charge in [0.05, 0.1) is 12.2 Å². The largest absolute Gasteiger partial charge is 0.392 e. The highest BCUT2D eigenvalue weighted by Gasteiger charge is 2.43. The Morgan fingerprint density at radius 2 is 2.03 bits per heavy atom. The molecule has 1 amide bonds. The van der Waals surface area contributed by atoms with Crippen molar-refractivity contribution in [3.63, 3.8) is 0 Å². The van der Waals surface area contributed by atoms with E-state index in [2.05, 4.69) is 52.0 Å². The minimum atomic E-state index is -0.532. The van der Waals surface area contributed by atoms with Crippen molar-refractivity contribution >= 4 is 5.91 Å². The molecule has 1 aromatic carbocycles. The van der Waals surface area contributed by atoms with E-state index in [-0.39, 0.29) is 23.5 Å². The number of aryl methyl sites for hydroxylation is 1. The third-order valence-electron chi connectivity index (χ3n) is 7.55. The fraction of sp³-hybridized carbons (Fsp3) is 0.621. The van der Waals surface area contributed by atoms with Gasteiger partial charge in [0.2, 0.25) is 5.91 Å². The van der Waals surface area contributed by atoms with E-state index >= 15 is 0 Å². The quantitative estimate of drug-likeness (QED) is 0.398. The van der Waals surface area contributed by atoms with Crippen LogP contribution in [0.4, 0.5) is 0 Å². The van der Waals surface area contributed by atoms with Crippen LogP contribution in [-0.4, -0.2) is 45.8 Å². The molecule has 33 heavy (non-hydrogen) atoms. The first-order valence-electron chi connectivity index (χ1n) is 12.6. The Labute approximate surface area is 200 Å².